The van der Waals surface area contributed by atoms with Crippen LogP contribution in [0.1, 0.15) is 46.1 Å². The van der Waals surface area contributed by atoms with Gasteiger partial charge in [-0.05, 0) is 48.9 Å². The van der Waals surface area contributed by atoms with Gasteiger partial charge >= 0.3 is 0 Å². The van der Waals surface area contributed by atoms with Gasteiger partial charge in [0, 0.05) is 6.04 Å². The second-order valence-electron chi connectivity index (χ2n) is 6.41. The van der Waals surface area contributed by atoms with Crippen LogP contribution in [-0.2, 0) is 6.42 Å². The summed E-state index contributed by atoms with van der Waals surface area (Å²) in [5.74, 6) is 0.929. The molecule has 0 radical (unpaired) electrons. The van der Waals surface area contributed by atoms with E-state index in [1.165, 1.54) is 18.4 Å². The van der Waals surface area contributed by atoms with Gasteiger partial charge in [-0.15, -0.1) is 0 Å². The number of methoxy groups -OCH3 is 1. The molecule has 1 atom stereocenters. The van der Waals surface area contributed by atoms with Gasteiger partial charge in [0.1, 0.15) is 5.75 Å². The van der Waals surface area contributed by atoms with Gasteiger partial charge in [0.2, 0.25) is 0 Å². The van der Waals surface area contributed by atoms with Crippen LogP contribution in [0.5, 0.6) is 5.75 Å². The Morgan fingerprint density at radius 1 is 1.16 bits per heavy atom. The van der Waals surface area contributed by atoms with Gasteiger partial charge in [-0.2, -0.15) is 0 Å². The molecule has 2 nitrogen and oxygen atoms in total. The van der Waals surface area contributed by atoms with Crippen LogP contribution >= 0.6 is 0 Å². The Kier molecular flexibility index (Phi) is 6.36. The molecule has 1 unspecified atom stereocenters. The van der Waals surface area contributed by atoms with Crippen LogP contribution in [0, 0.1) is 5.41 Å². The summed E-state index contributed by atoms with van der Waals surface area (Å²) in [5.41, 5.74) is 1.79. The Balaban J connectivity index is 2.56. The second-order valence-corrected chi connectivity index (χ2v) is 6.41. The monoisotopic (exact) mass is 263 g/mol. The zero-order chi connectivity index (χ0) is 14.3. The van der Waals surface area contributed by atoms with Crippen molar-refractivity contribution in [2.45, 2.75) is 53.0 Å². The van der Waals surface area contributed by atoms with Crippen molar-refractivity contribution in [1.82, 2.24) is 5.32 Å². The maximum absolute atomic E-state index is 5.20. The van der Waals surface area contributed by atoms with E-state index in [0.717, 1.165) is 18.7 Å². The van der Waals surface area contributed by atoms with E-state index in [-0.39, 0.29) is 0 Å². The van der Waals surface area contributed by atoms with Gasteiger partial charge in [-0.25, -0.2) is 0 Å². The minimum Gasteiger partial charge on any atom is -0.497 e. The van der Waals surface area contributed by atoms with Crippen LogP contribution in [0.25, 0.3) is 0 Å². The third-order valence-electron chi connectivity index (χ3n) is 3.38. The Morgan fingerprint density at radius 2 is 1.79 bits per heavy atom. The van der Waals surface area contributed by atoms with Crippen molar-refractivity contribution in [3.8, 4) is 5.75 Å². The van der Waals surface area contributed by atoms with E-state index in [0.29, 0.717) is 11.5 Å². The zero-order valence-corrected chi connectivity index (χ0v) is 13.1. The third-order valence-corrected chi connectivity index (χ3v) is 3.38. The van der Waals surface area contributed by atoms with E-state index in [1.807, 2.05) is 12.1 Å². The molecule has 2 heteroatoms. The van der Waals surface area contributed by atoms with Gasteiger partial charge in [-0.1, -0.05) is 39.8 Å². The largest absolute Gasteiger partial charge is 0.497 e. The average Bonchev–Trinajstić information content (AvgIpc) is 2.36. The van der Waals surface area contributed by atoms with Crippen molar-refractivity contribution in [2.24, 2.45) is 5.41 Å². The van der Waals surface area contributed by atoms with Gasteiger partial charge in [-0.3, -0.25) is 0 Å². The molecule has 0 spiro atoms. The number of nitrogens with one attached hydrogen (secondary N) is 1. The lowest BCUT2D eigenvalue weighted by atomic mass is 9.87. The molecular formula is C17H29NO. The number of rotatable bonds is 7. The predicted octanol–water partition coefficient (Wildman–Crippen LogP) is 4.04. The minimum absolute atomic E-state index is 0.410. The summed E-state index contributed by atoms with van der Waals surface area (Å²) >= 11 is 0. The van der Waals surface area contributed by atoms with Crippen molar-refractivity contribution in [3.63, 3.8) is 0 Å². The summed E-state index contributed by atoms with van der Waals surface area (Å²) in [4.78, 5) is 0. The average molecular weight is 263 g/mol. The Bertz CT molecular complexity index is 351. The van der Waals surface area contributed by atoms with Crippen LogP contribution in [0.4, 0.5) is 0 Å². The summed E-state index contributed by atoms with van der Waals surface area (Å²) in [5, 5.41) is 3.60. The molecule has 1 N–H and O–H groups in total. The molecule has 19 heavy (non-hydrogen) atoms. The normalized spacial score (nSPS) is 13.3. The van der Waals surface area contributed by atoms with E-state index >= 15 is 0 Å². The van der Waals surface area contributed by atoms with Gasteiger partial charge in [0.15, 0.2) is 0 Å². The Labute approximate surface area is 118 Å². The van der Waals surface area contributed by atoms with Crippen molar-refractivity contribution in [1.29, 1.82) is 0 Å². The molecule has 0 heterocycles. The van der Waals surface area contributed by atoms with E-state index in [1.54, 1.807) is 7.11 Å². The zero-order valence-electron chi connectivity index (χ0n) is 13.1. The second kappa shape index (κ2) is 7.54. The highest BCUT2D eigenvalue weighted by Crippen LogP contribution is 2.23. The molecule has 0 fully saturated rings. The summed E-state index contributed by atoms with van der Waals surface area (Å²) in [7, 11) is 1.71. The molecule has 0 bridgehead atoms. The quantitative estimate of drug-likeness (QED) is 0.801. The van der Waals surface area contributed by atoms with Crippen molar-refractivity contribution < 1.29 is 4.74 Å². The molecule has 1 aromatic carbocycles. The number of ether oxygens (including phenoxy) is 1. The van der Waals surface area contributed by atoms with E-state index in [2.05, 4.69) is 45.1 Å². The number of benzene rings is 1. The fourth-order valence-corrected chi connectivity index (χ4v) is 2.22. The number of likely N-dealkylation sites (N-methyl/N-ethyl adjacent to an activating group) is 1. The standard InChI is InChI=1S/C17H29NO/c1-6-18-15(11-12-17(2,3)4)13-14-7-9-16(19-5)10-8-14/h7-10,15,18H,6,11-13H2,1-5H3. The van der Waals surface area contributed by atoms with Crippen LogP contribution in [0.3, 0.4) is 0 Å². The first-order valence-corrected chi connectivity index (χ1v) is 7.31. The smallest absolute Gasteiger partial charge is 0.118 e. The first-order valence-electron chi connectivity index (χ1n) is 7.31. The highest BCUT2D eigenvalue weighted by atomic mass is 16.5. The van der Waals surface area contributed by atoms with E-state index in [9.17, 15) is 0 Å². The highest BCUT2D eigenvalue weighted by molar-refractivity contribution is 5.27. The summed E-state index contributed by atoms with van der Waals surface area (Å²) < 4.78 is 5.20. The van der Waals surface area contributed by atoms with Crippen LogP contribution in [0.2, 0.25) is 0 Å². The first-order chi connectivity index (χ1) is 8.94. The fraction of sp³-hybridized carbons (Fsp3) is 0.647. The van der Waals surface area contributed by atoms with Gasteiger partial charge in [0.25, 0.3) is 0 Å². The third kappa shape index (κ3) is 6.63. The topological polar surface area (TPSA) is 21.3 Å². The molecule has 0 saturated carbocycles. The fourth-order valence-electron chi connectivity index (χ4n) is 2.22. The van der Waals surface area contributed by atoms with E-state index in [4.69, 9.17) is 4.74 Å². The molecular weight excluding hydrogens is 234 g/mol. The molecule has 1 aromatic rings. The molecule has 0 aliphatic heterocycles. The lowest BCUT2D eigenvalue weighted by Gasteiger charge is -2.24. The van der Waals surface area contributed by atoms with Crippen molar-refractivity contribution >= 4 is 0 Å². The van der Waals surface area contributed by atoms with Crippen LogP contribution in [-0.4, -0.2) is 19.7 Å². The Hall–Kier alpha value is -1.02. The van der Waals surface area contributed by atoms with Crippen LogP contribution in [0.15, 0.2) is 24.3 Å². The number of hydrogen-bond donors (Lipinski definition) is 1. The van der Waals surface area contributed by atoms with Gasteiger partial charge in [0.05, 0.1) is 7.11 Å². The maximum Gasteiger partial charge on any atom is 0.118 e. The molecule has 0 saturated heterocycles. The molecule has 1 rings (SSSR count). The van der Waals surface area contributed by atoms with Crippen LogP contribution < -0.4 is 10.1 Å². The lowest BCUT2D eigenvalue weighted by Crippen LogP contribution is -2.32. The molecule has 0 aliphatic rings. The maximum atomic E-state index is 5.20. The molecule has 0 aromatic heterocycles. The van der Waals surface area contributed by atoms with Crippen molar-refractivity contribution in [2.75, 3.05) is 13.7 Å². The first kappa shape index (κ1) is 16.0. The van der Waals surface area contributed by atoms with E-state index < -0.39 is 0 Å². The lowest BCUT2D eigenvalue weighted by molar-refractivity contribution is 0.330. The van der Waals surface area contributed by atoms with Gasteiger partial charge < -0.3 is 10.1 Å². The molecule has 0 amide bonds. The summed E-state index contributed by atoms with van der Waals surface area (Å²) in [6, 6.07) is 8.99. The highest BCUT2D eigenvalue weighted by Gasteiger charge is 2.15. The molecule has 0 aliphatic carbocycles. The molecule has 108 valence electrons. The predicted molar refractivity (Wildman–Crippen MR) is 82.9 cm³/mol. The summed E-state index contributed by atoms with van der Waals surface area (Å²) in [6.45, 7) is 10.1. The Morgan fingerprint density at radius 3 is 2.26 bits per heavy atom. The minimum atomic E-state index is 0.410. The summed E-state index contributed by atoms with van der Waals surface area (Å²) in [6.07, 6.45) is 3.57. The number of hydrogen-bond acceptors (Lipinski definition) is 2. The van der Waals surface area contributed by atoms with Crippen molar-refractivity contribution in [3.05, 3.63) is 29.8 Å². The SMILES string of the molecule is CCNC(CCC(C)(C)C)Cc1ccc(OC)cc1.